The standard InChI is InChI=1S/C18H27ClN2O/c1-15(2)21(18(22)12-19)14-17-10-6-7-11-20(17)13-16-8-4-3-5-9-16/h3-5,8-9,15,17H,6-7,10-14H2,1-2H3. The lowest BCUT2D eigenvalue weighted by atomic mass is 10.00. The molecule has 0 spiro atoms. The molecule has 122 valence electrons. The smallest absolute Gasteiger partial charge is 0.237 e. The molecule has 1 aromatic rings. The molecule has 1 aliphatic heterocycles. The van der Waals surface area contributed by atoms with Gasteiger partial charge in [0, 0.05) is 25.2 Å². The molecule has 0 aromatic heterocycles. The zero-order chi connectivity index (χ0) is 15.9. The van der Waals surface area contributed by atoms with E-state index in [-0.39, 0.29) is 17.8 Å². The van der Waals surface area contributed by atoms with Crippen molar-refractivity contribution in [2.24, 2.45) is 0 Å². The van der Waals surface area contributed by atoms with E-state index in [1.807, 2.05) is 4.90 Å². The summed E-state index contributed by atoms with van der Waals surface area (Å²) >= 11 is 5.77. The molecule has 1 fully saturated rings. The maximum atomic E-state index is 12.1. The fraction of sp³-hybridized carbons (Fsp3) is 0.611. The highest BCUT2D eigenvalue weighted by molar-refractivity contribution is 6.27. The van der Waals surface area contributed by atoms with Crippen LogP contribution in [0.3, 0.4) is 0 Å². The number of benzene rings is 1. The minimum absolute atomic E-state index is 0.0434. The van der Waals surface area contributed by atoms with Crippen molar-refractivity contribution in [2.75, 3.05) is 19.0 Å². The van der Waals surface area contributed by atoms with Crippen LogP contribution in [0.4, 0.5) is 0 Å². The SMILES string of the molecule is CC(C)N(CC1CCCCN1Cc1ccccc1)C(=O)CCl. The number of nitrogens with zero attached hydrogens (tertiary/aromatic N) is 2. The van der Waals surface area contributed by atoms with Crippen molar-refractivity contribution < 1.29 is 4.79 Å². The van der Waals surface area contributed by atoms with E-state index in [4.69, 9.17) is 11.6 Å². The maximum Gasteiger partial charge on any atom is 0.237 e. The number of piperidine rings is 1. The molecule has 0 N–H and O–H groups in total. The number of carbonyl (C=O) groups is 1. The van der Waals surface area contributed by atoms with Gasteiger partial charge in [-0.1, -0.05) is 36.8 Å². The monoisotopic (exact) mass is 322 g/mol. The van der Waals surface area contributed by atoms with Crippen LogP contribution in [0, 0.1) is 0 Å². The zero-order valence-electron chi connectivity index (χ0n) is 13.7. The molecule has 22 heavy (non-hydrogen) atoms. The second kappa shape index (κ2) is 8.54. The molecular weight excluding hydrogens is 296 g/mol. The highest BCUT2D eigenvalue weighted by Crippen LogP contribution is 2.21. The largest absolute Gasteiger partial charge is 0.338 e. The number of hydrogen-bond acceptors (Lipinski definition) is 2. The van der Waals surface area contributed by atoms with E-state index in [1.54, 1.807) is 0 Å². The third-order valence-corrected chi connectivity index (χ3v) is 4.67. The third kappa shape index (κ3) is 4.72. The molecular formula is C18H27ClN2O. The lowest BCUT2D eigenvalue weighted by Crippen LogP contribution is -2.50. The fourth-order valence-corrected chi connectivity index (χ4v) is 3.35. The summed E-state index contributed by atoms with van der Waals surface area (Å²) in [5, 5.41) is 0. The Morgan fingerprint density at radius 3 is 2.68 bits per heavy atom. The second-order valence-electron chi connectivity index (χ2n) is 6.38. The van der Waals surface area contributed by atoms with Crippen molar-refractivity contribution in [2.45, 2.75) is 51.7 Å². The van der Waals surface area contributed by atoms with E-state index < -0.39 is 0 Å². The van der Waals surface area contributed by atoms with Gasteiger partial charge < -0.3 is 4.90 Å². The van der Waals surface area contributed by atoms with Crippen molar-refractivity contribution in [1.29, 1.82) is 0 Å². The van der Waals surface area contributed by atoms with E-state index in [9.17, 15) is 4.79 Å². The Bertz CT molecular complexity index is 463. The van der Waals surface area contributed by atoms with Crippen molar-refractivity contribution in [3.63, 3.8) is 0 Å². The summed E-state index contributed by atoms with van der Waals surface area (Å²) < 4.78 is 0. The Morgan fingerprint density at radius 2 is 2.05 bits per heavy atom. The van der Waals surface area contributed by atoms with Gasteiger partial charge in [-0.3, -0.25) is 9.69 Å². The first kappa shape index (κ1) is 17.3. The average Bonchev–Trinajstić information content (AvgIpc) is 2.54. The van der Waals surface area contributed by atoms with Gasteiger partial charge in [0.1, 0.15) is 5.88 Å². The number of carbonyl (C=O) groups excluding carboxylic acids is 1. The highest BCUT2D eigenvalue weighted by Gasteiger charge is 2.27. The van der Waals surface area contributed by atoms with E-state index in [1.165, 1.54) is 18.4 Å². The topological polar surface area (TPSA) is 23.6 Å². The summed E-state index contributed by atoms with van der Waals surface area (Å²) in [6.07, 6.45) is 3.65. The number of halogens is 1. The van der Waals surface area contributed by atoms with Crippen LogP contribution in [0.15, 0.2) is 30.3 Å². The Labute approximate surface area is 139 Å². The van der Waals surface area contributed by atoms with Gasteiger partial charge in [-0.2, -0.15) is 0 Å². The first-order valence-electron chi connectivity index (χ1n) is 8.25. The second-order valence-corrected chi connectivity index (χ2v) is 6.65. The van der Waals surface area contributed by atoms with Gasteiger partial charge in [0.05, 0.1) is 0 Å². The van der Waals surface area contributed by atoms with Gasteiger partial charge in [-0.25, -0.2) is 0 Å². The molecule has 0 bridgehead atoms. The van der Waals surface area contributed by atoms with Gasteiger partial charge in [-0.05, 0) is 38.8 Å². The van der Waals surface area contributed by atoms with Crippen molar-refractivity contribution >= 4 is 17.5 Å². The average molecular weight is 323 g/mol. The number of amides is 1. The summed E-state index contributed by atoms with van der Waals surface area (Å²) in [6, 6.07) is 11.2. The molecule has 1 saturated heterocycles. The zero-order valence-corrected chi connectivity index (χ0v) is 14.4. The van der Waals surface area contributed by atoms with Crippen LogP contribution >= 0.6 is 11.6 Å². The van der Waals surface area contributed by atoms with E-state index in [0.717, 1.165) is 26.1 Å². The first-order valence-corrected chi connectivity index (χ1v) is 8.78. The molecule has 1 atom stereocenters. The minimum Gasteiger partial charge on any atom is -0.338 e. The van der Waals surface area contributed by atoms with Crippen molar-refractivity contribution in [3.8, 4) is 0 Å². The lowest BCUT2D eigenvalue weighted by molar-refractivity contribution is -0.131. The lowest BCUT2D eigenvalue weighted by Gasteiger charge is -2.40. The molecule has 0 saturated carbocycles. The molecule has 4 heteroatoms. The number of rotatable bonds is 6. The van der Waals surface area contributed by atoms with Crippen molar-refractivity contribution in [1.82, 2.24) is 9.80 Å². The van der Waals surface area contributed by atoms with Gasteiger partial charge in [0.25, 0.3) is 0 Å². The van der Waals surface area contributed by atoms with Gasteiger partial charge in [0.2, 0.25) is 5.91 Å². The summed E-state index contributed by atoms with van der Waals surface area (Å²) in [7, 11) is 0. The Kier molecular flexibility index (Phi) is 6.71. The summed E-state index contributed by atoms with van der Waals surface area (Å²) in [6.45, 7) is 6.99. The van der Waals surface area contributed by atoms with Crippen LogP contribution < -0.4 is 0 Å². The number of likely N-dealkylation sites (tertiary alicyclic amines) is 1. The molecule has 0 aliphatic carbocycles. The molecule has 1 aliphatic rings. The van der Waals surface area contributed by atoms with Crippen LogP contribution in [0.5, 0.6) is 0 Å². The molecule has 1 amide bonds. The summed E-state index contributed by atoms with van der Waals surface area (Å²) in [5.41, 5.74) is 1.34. The predicted octanol–water partition coefficient (Wildman–Crippen LogP) is 3.52. The normalized spacial score (nSPS) is 19.4. The predicted molar refractivity (Wildman–Crippen MR) is 92.1 cm³/mol. The maximum absolute atomic E-state index is 12.1. The minimum atomic E-state index is 0.0434. The Balaban J connectivity index is 2.04. The molecule has 1 heterocycles. The summed E-state index contributed by atoms with van der Waals surface area (Å²) in [4.78, 5) is 16.5. The highest BCUT2D eigenvalue weighted by atomic mass is 35.5. The van der Waals surface area contributed by atoms with Crippen LogP contribution in [0.25, 0.3) is 0 Å². The van der Waals surface area contributed by atoms with Crippen molar-refractivity contribution in [3.05, 3.63) is 35.9 Å². The summed E-state index contributed by atoms with van der Waals surface area (Å²) in [5.74, 6) is 0.116. The van der Waals surface area contributed by atoms with Crippen LogP contribution in [-0.4, -0.2) is 46.8 Å². The quantitative estimate of drug-likeness (QED) is 0.748. The molecule has 1 aromatic carbocycles. The Morgan fingerprint density at radius 1 is 1.32 bits per heavy atom. The number of hydrogen-bond donors (Lipinski definition) is 0. The molecule has 0 radical (unpaired) electrons. The van der Waals surface area contributed by atoms with Gasteiger partial charge in [-0.15, -0.1) is 11.6 Å². The fourth-order valence-electron chi connectivity index (χ4n) is 3.20. The van der Waals surface area contributed by atoms with Gasteiger partial charge in [0.15, 0.2) is 0 Å². The van der Waals surface area contributed by atoms with Crippen LogP contribution in [0.1, 0.15) is 38.7 Å². The first-order chi connectivity index (χ1) is 10.6. The van der Waals surface area contributed by atoms with Crippen LogP contribution in [-0.2, 0) is 11.3 Å². The van der Waals surface area contributed by atoms with E-state index >= 15 is 0 Å². The van der Waals surface area contributed by atoms with Gasteiger partial charge >= 0.3 is 0 Å². The van der Waals surface area contributed by atoms with E-state index in [2.05, 4.69) is 49.1 Å². The van der Waals surface area contributed by atoms with Crippen LogP contribution in [0.2, 0.25) is 0 Å². The molecule has 1 unspecified atom stereocenters. The third-order valence-electron chi connectivity index (χ3n) is 4.44. The molecule has 2 rings (SSSR count). The number of alkyl halides is 1. The Hall–Kier alpha value is -1.06. The molecule has 3 nitrogen and oxygen atoms in total. The van der Waals surface area contributed by atoms with E-state index in [0.29, 0.717) is 6.04 Å².